The summed E-state index contributed by atoms with van der Waals surface area (Å²) in [5.74, 6) is -4.34. The second kappa shape index (κ2) is 16.2. The lowest BCUT2D eigenvalue weighted by molar-refractivity contribution is -0.180. The number of halogens is 5. The third-order valence-corrected chi connectivity index (χ3v) is 6.23. The maximum absolute atomic E-state index is 14.7. The fourth-order valence-corrected chi connectivity index (χ4v) is 3.98. The first-order valence-corrected chi connectivity index (χ1v) is 13.3. The van der Waals surface area contributed by atoms with Gasteiger partial charge in [0, 0.05) is 5.56 Å². The maximum atomic E-state index is 14.7. The predicted molar refractivity (Wildman–Crippen MR) is 136 cm³/mol. The molecule has 0 fully saturated rings. The number of hydrogen-bond donors (Lipinski definition) is 0. The Kier molecular flexibility index (Phi) is 13.4. The number of benzene rings is 2. The number of unbranched alkanes of at least 4 members (excludes halogenated alkanes) is 6. The summed E-state index contributed by atoms with van der Waals surface area (Å²) in [7, 11) is 0. The van der Waals surface area contributed by atoms with Crippen LogP contribution in [0.15, 0.2) is 36.4 Å². The molecule has 0 aliphatic heterocycles. The molecule has 0 spiro atoms. The average Bonchev–Trinajstić information content (AvgIpc) is 2.88. The van der Waals surface area contributed by atoms with E-state index in [-0.39, 0.29) is 12.0 Å². The first-order chi connectivity index (χ1) is 18.2. The van der Waals surface area contributed by atoms with E-state index in [0.717, 1.165) is 44.6 Å². The lowest BCUT2D eigenvalue weighted by atomic mass is 9.97. The highest BCUT2D eigenvalue weighted by Gasteiger charge is 2.38. The second-order valence-corrected chi connectivity index (χ2v) is 9.25. The van der Waals surface area contributed by atoms with E-state index in [1.807, 2.05) is 6.92 Å². The minimum absolute atomic E-state index is 0.0474. The molecule has 0 aliphatic carbocycles. The van der Waals surface area contributed by atoms with Crippen LogP contribution in [0.2, 0.25) is 0 Å². The van der Waals surface area contributed by atoms with Gasteiger partial charge in [-0.15, -0.1) is 0 Å². The first-order valence-electron chi connectivity index (χ1n) is 13.3. The Labute approximate surface area is 221 Å². The van der Waals surface area contributed by atoms with E-state index in [1.165, 1.54) is 6.07 Å². The zero-order valence-corrected chi connectivity index (χ0v) is 22.0. The van der Waals surface area contributed by atoms with Crippen LogP contribution in [0.3, 0.4) is 0 Å². The molecule has 0 N–H and O–H groups in total. The van der Waals surface area contributed by atoms with Gasteiger partial charge in [-0.3, -0.25) is 0 Å². The summed E-state index contributed by atoms with van der Waals surface area (Å²) in [6.45, 7) is 4.11. The fraction of sp³-hybridized carbons (Fsp3) is 0.552. The highest BCUT2D eigenvalue weighted by atomic mass is 19.4. The molecule has 2 aromatic carbocycles. The Balaban J connectivity index is 1.90. The van der Waals surface area contributed by atoms with E-state index in [2.05, 4.69) is 6.92 Å². The van der Waals surface area contributed by atoms with Crippen LogP contribution >= 0.6 is 0 Å². The molecule has 0 saturated carbocycles. The molecule has 0 amide bonds. The quantitative estimate of drug-likeness (QED) is 0.0913. The predicted octanol–water partition coefficient (Wildman–Crippen LogP) is 9.65. The molecule has 38 heavy (non-hydrogen) atoms. The normalized spacial score (nSPS) is 12.3. The van der Waals surface area contributed by atoms with E-state index < -0.39 is 48.7 Å². The number of alkyl halides is 3. The molecular formula is C29H37F5O4. The average molecular weight is 545 g/mol. The summed E-state index contributed by atoms with van der Waals surface area (Å²) < 4.78 is 84.0. The number of carbonyl (C=O) groups is 1. The van der Waals surface area contributed by atoms with Crippen molar-refractivity contribution in [1.29, 1.82) is 0 Å². The van der Waals surface area contributed by atoms with Crippen molar-refractivity contribution >= 4 is 6.16 Å². The third kappa shape index (κ3) is 10.5. The van der Waals surface area contributed by atoms with Gasteiger partial charge in [-0.25, -0.2) is 9.18 Å². The van der Waals surface area contributed by atoms with Crippen molar-refractivity contribution < 1.29 is 41.0 Å². The van der Waals surface area contributed by atoms with Crippen molar-refractivity contribution in [2.45, 2.75) is 84.2 Å². The molecule has 0 aromatic heterocycles. The van der Waals surface area contributed by atoms with Crippen LogP contribution in [-0.2, 0) is 4.74 Å². The van der Waals surface area contributed by atoms with Crippen LogP contribution in [0, 0.1) is 17.6 Å². The Morgan fingerprint density at radius 3 is 2.08 bits per heavy atom. The van der Waals surface area contributed by atoms with Crippen LogP contribution in [0.5, 0.6) is 11.5 Å². The van der Waals surface area contributed by atoms with Crippen molar-refractivity contribution in [3.05, 3.63) is 48.0 Å². The van der Waals surface area contributed by atoms with Gasteiger partial charge in [0.05, 0.1) is 19.1 Å². The summed E-state index contributed by atoms with van der Waals surface area (Å²) in [4.78, 5) is 11.9. The minimum atomic E-state index is -4.41. The Hall–Kier alpha value is -2.84. The van der Waals surface area contributed by atoms with Gasteiger partial charge in [-0.1, -0.05) is 70.9 Å². The van der Waals surface area contributed by atoms with E-state index in [1.54, 1.807) is 24.3 Å². The standard InChI is InChI=1S/C29H37F5O4/c1-3-5-7-9-11-22(29(32,33)34)18-20-37-28(35)38-25-17-16-24(26(30)27(25)31)21-12-14-23(15-13-21)36-19-10-8-6-4-2/h12-17,22H,3-11,18-20H2,1-2H3. The Morgan fingerprint density at radius 1 is 0.789 bits per heavy atom. The summed E-state index contributed by atoms with van der Waals surface area (Å²) in [5.41, 5.74) is 0.347. The molecule has 4 nitrogen and oxygen atoms in total. The van der Waals surface area contributed by atoms with Gasteiger partial charge in [0.1, 0.15) is 5.75 Å². The molecule has 0 radical (unpaired) electrons. The highest BCUT2D eigenvalue weighted by molar-refractivity contribution is 5.68. The third-order valence-electron chi connectivity index (χ3n) is 6.23. The number of rotatable bonds is 16. The van der Waals surface area contributed by atoms with Crippen molar-refractivity contribution in [3.63, 3.8) is 0 Å². The van der Waals surface area contributed by atoms with Gasteiger partial charge in [0.15, 0.2) is 11.6 Å². The monoisotopic (exact) mass is 544 g/mol. The van der Waals surface area contributed by atoms with Gasteiger partial charge in [0.2, 0.25) is 5.82 Å². The van der Waals surface area contributed by atoms with Crippen molar-refractivity contribution in [3.8, 4) is 22.6 Å². The van der Waals surface area contributed by atoms with E-state index in [9.17, 15) is 26.7 Å². The molecule has 9 heteroatoms. The van der Waals surface area contributed by atoms with E-state index in [0.29, 0.717) is 30.8 Å². The first kappa shape index (κ1) is 31.4. The zero-order chi connectivity index (χ0) is 28.0. The van der Waals surface area contributed by atoms with E-state index >= 15 is 0 Å². The Bertz CT molecular complexity index is 976. The van der Waals surface area contributed by atoms with Crippen molar-refractivity contribution in [2.24, 2.45) is 5.92 Å². The molecule has 0 bridgehead atoms. The molecule has 0 heterocycles. The summed E-state index contributed by atoms with van der Waals surface area (Å²) >= 11 is 0. The van der Waals surface area contributed by atoms with Gasteiger partial charge in [0.25, 0.3) is 0 Å². The molecule has 0 aliphatic rings. The smallest absolute Gasteiger partial charge is 0.494 e. The Morgan fingerprint density at radius 2 is 1.45 bits per heavy atom. The molecule has 2 rings (SSSR count). The minimum Gasteiger partial charge on any atom is -0.494 e. The van der Waals surface area contributed by atoms with Crippen molar-refractivity contribution in [1.82, 2.24) is 0 Å². The van der Waals surface area contributed by atoms with Gasteiger partial charge in [-0.05, 0) is 49.1 Å². The molecular weight excluding hydrogens is 507 g/mol. The largest absolute Gasteiger partial charge is 0.513 e. The summed E-state index contributed by atoms with van der Waals surface area (Å²) in [5, 5.41) is 0. The number of ether oxygens (including phenoxy) is 3. The van der Waals surface area contributed by atoms with E-state index in [4.69, 9.17) is 14.2 Å². The maximum Gasteiger partial charge on any atom is 0.513 e. The molecule has 212 valence electrons. The van der Waals surface area contributed by atoms with Crippen LogP contribution < -0.4 is 9.47 Å². The molecule has 2 aromatic rings. The lowest BCUT2D eigenvalue weighted by Crippen LogP contribution is -2.25. The van der Waals surface area contributed by atoms with Crippen LogP contribution in [-0.4, -0.2) is 25.5 Å². The van der Waals surface area contributed by atoms with Gasteiger partial charge < -0.3 is 14.2 Å². The molecule has 1 unspecified atom stereocenters. The van der Waals surface area contributed by atoms with Gasteiger partial charge >= 0.3 is 12.3 Å². The summed E-state index contributed by atoms with van der Waals surface area (Å²) in [6.07, 6.45) is 0.859. The van der Waals surface area contributed by atoms with Gasteiger partial charge in [-0.2, -0.15) is 17.6 Å². The molecule has 0 saturated heterocycles. The SMILES string of the molecule is CCCCCCOc1ccc(-c2ccc(OC(=O)OCCC(CCCCCC)C(F)(F)F)c(F)c2F)cc1. The summed E-state index contributed by atoms with van der Waals surface area (Å²) in [6, 6.07) is 8.82. The van der Waals surface area contributed by atoms with Crippen LogP contribution in [0.1, 0.15) is 78.1 Å². The molecule has 1 atom stereocenters. The zero-order valence-electron chi connectivity index (χ0n) is 22.0. The number of carbonyl (C=O) groups excluding carboxylic acids is 1. The second-order valence-electron chi connectivity index (χ2n) is 9.25. The number of hydrogen-bond acceptors (Lipinski definition) is 4. The highest BCUT2D eigenvalue weighted by Crippen LogP contribution is 2.34. The van der Waals surface area contributed by atoms with Crippen LogP contribution in [0.4, 0.5) is 26.7 Å². The fourth-order valence-electron chi connectivity index (χ4n) is 3.98. The van der Waals surface area contributed by atoms with Crippen molar-refractivity contribution in [2.75, 3.05) is 13.2 Å². The van der Waals surface area contributed by atoms with Crippen LogP contribution in [0.25, 0.3) is 11.1 Å². The topological polar surface area (TPSA) is 44.8 Å². The lowest BCUT2D eigenvalue weighted by Gasteiger charge is -2.20.